The highest BCUT2D eigenvalue weighted by Gasteiger charge is 2.33. The van der Waals surface area contributed by atoms with E-state index >= 15 is 0 Å². The van der Waals surface area contributed by atoms with Gasteiger partial charge in [-0.25, -0.2) is 0 Å². The van der Waals surface area contributed by atoms with E-state index in [1.807, 2.05) is 0 Å². The van der Waals surface area contributed by atoms with Crippen LogP contribution >= 0.6 is 0 Å². The first-order valence-electron chi connectivity index (χ1n) is 5.00. The number of rotatable bonds is 4. The second-order valence-corrected chi connectivity index (χ2v) is 4.01. The van der Waals surface area contributed by atoms with E-state index in [2.05, 4.69) is 14.7 Å². The van der Waals surface area contributed by atoms with E-state index in [9.17, 15) is 18.3 Å². The molecule has 0 spiro atoms. The lowest BCUT2D eigenvalue weighted by atomic mass is 10.2. The van der Waals surface area contributed by atoms with Gasteiger partial charge in [0.15, 0.2) is 5.82 Å². The van der Waals surface area contributed by atoms with E-state index in [0.717, 1.165) is 12.8 Å². The molecule has 0 aromatic carbocycles. The first-order chi connectivity index (χ1) is 7.44. The van der Waals surface area contributed by atoms with Crippen molar-refractivity contribution in [3.8, 4) is 0 Å². The molecule has 1 N–H and O–H groups in total. The summed E-state index contributed by atoms with van der Waals surface area (Å²) in [6.07, 6.45) is -4.09. The molecule has 1 atom stereocenters. The number of aliphatic hydroxyl groups is 1. The third-order valence-electron chi connectivity index (χ3n) is 2.42. The summed E-state index contributed by atoms with van der Waals surface area (Å²) >= 11 is 0. The zero-order valence-corrected chi connectivity index (χ0v) is 8.37. The molecule has 16 heavy (non-hydrogen) atoms. The van der Waals surface area contributed by atoms with Crippen LogP contribution in [0.15, 0.2) is 4.52 Å². The summed E-state index contributed by atoms with van der Waals surface area (Å²) in [4.78, 5) is 3.59. The minimum Gasteiger partial charge on any atom is -0.392 e. The molecule has 0 amide bonds. The number of halogens is 3. The van der Waals surface area contributed by atoms with Crippen molar-refractivity contribution < 1.29 is 22.8 Å². The van der Waals surface area contributed by atoms with Gasteiger partial charge in [-0.1, -0.05) is 5.16 Å². The molecule has 1 unspecified atom stereocenters. The number of aliphatic hydroxyl groups excluding tert-OH is 1. The number of hydrogen-bond donors (Lipinski definition) is 1. The van der Waals surface area contributed by atoms with E-state index in [-0.39, 0.29) is 24.1 Å². The van der Waals surface area contributed by atoms with Gasteiger partial charge >= 0.3 is 6.18 Å². The molecule has 90 valence electrons. The maximum atomic E-state index is 12.0. The Morgan fingerprint density at radius 3 is 2.69 bits per heavy atom. The molecule has 1 aliphatic rings. The normalized spacial score (nSPS) is 18.8. The highest BCUT2D eigenvalue weighted by molar-refractivity contribution is 4.93. The van der Waals surface area contributed by atoms with Crippen molar-refractivity contribution in [1.29, 1.82) is 0 Å². The maximum absolute atomic E-state index is 12.0. The summed E-state index contributed by atoms with van der Waals surface area (Å²) in [5.74, 6) is -0.0814. The fourth-order valence-electron chi connectivity index (χ4n) is 1.45. The van der Waals surface area contributed by atoms with Crippen LogP contribution in [0.2, 0.25) is 0 Å². The topological polar surface area (TPSA) is 59.2 Å². The predicted octanol–water partition coefficient (Wildman–Crippen LogP) is 1.49. The number of alkyl halides is 3. The van der Waals surface area contributed by atoms with Crippen molar-refractivity contribution in [3.05, 3.63) is 11.7 Å². The molecule has 1 heterocycles. The van der Waals surface area contributed by atoms with Crippen LogP contribution in [-0.2, 0) is 12.8 Å². The average Bonchev–Trinajstić information content (AvgIpc) is 2.89. The molecular formula is C9H11F3N2O2. The van der Waals surface area contributed by atoms with Crippen molar-refractivity contribution in [1.82, 2.24) is 10.1 Å². The summed E-state index contributed by atoms with van der Waals surface area (Å²) < 4.78 is 40.6. The zero-order valence-electron chi connectivity index (χ0n) is 8.37. The van der Waals surface area contributed by atoms with Crippen LogP contribution in [0.1, 0.15) is 24.6 Å². The quantitative estimate of drug-likeness (QED) is 0.860. The Balaban J connectivity index is 1.91. The van der Waals surface area contributed by atoms with Gasteiger partial charge in [0.2, 0.25) is 5.89 Å². The number of aromatic nitrogens is 2. The Labute approximate surface area is 89.5 Å². The highest BCUT2D eigenvalue weighted by atomic mass is 19.4. The standard InChI is InChI=1S/C9H11F3N2O2/c10-9(11,12)4-7-13-8(16-14-7)3-6(15)5-1-2-5/h5-6,15H,1-4H2. The molecule has 0 saturated heterocycles. The van der Waals surface area contributed by atoms with Gasteiger partial charge in [0.1, 0.15) is 6.42 Å². The van der Waals surface area contributed by atoms with Crippen LogP contribution in [0.4, 0.5) is 13.2 Å². The van der Waals surface area contributed by atoms with Crippen LogP contribution in [0.25, 0.3) is 0 Å². The predicted molar refractivity (Wildman–Crippen MR) is 46.5 cm³/mol. The Morgan fingerprint density at radius 1 is 1.44 bits per heavy atom. The molecule has 1 aromatic rings. The fourth-order valence-corrected chi connectivity index (χ4v) is 1.45. The maximum Gasteiger partial charge on any atom is 0.396 e. The van der Waals surface area contributed by atoms with Crippen LogP contribution in [0.5, 0.6) is 0 Å². The van der Waals surface area contributed by atoms with Gasteiger partial charge in [-0.05, 0) is 18.8 Å². The van der Waals surface area contributed by atoms with Gasteiger partial charge in [-0.2, -0.15) is 18.2 Å². The van der Waals surface area contributed by atoms with E-state index in [0.29, 0.717) is 0 Å². The summed E-state index contributed by atoms with van der Waals surface area (Å²) in [7, 11) is 0. The monoisotopic (exact) mass is 236 g/mol. The first-order valence-corrected chi connectivity index (χ1v) is 5.00. The van der Waals surface area contributed by atoms with Gasteiger partial charge in [0.25, 0.3) is 0 Å². The van der Waals surface area contributed by atoms with E-state index in [1.54, 1.807) is 0 Å². The van der Waals surface area contributed by atoms with Crippen LogP contribution in [-0.4, -0.2) is 27.5 Å². The summed E-state index contributed by atoms with van der Waals surface area (Å²) in [5, 5.41) is 12.8. The number of hydrogen-bond acceptors (Lipinski definition) is 4. The van der Waals surface area contributed by atoms with Crippen molar-refractivity contribution in [3.63, 3.8) is 0 Å². The van der Waals surface area contributed by atoms with Gasteiger partial charge in [0, 0.05) is 0 Å². The molecule has 1 aliphatic carbocycles. The summed E-state index contributed by atoms with van der Waals surface area (Å²) in [6.45, 7) is 0. The SMILES string of the molecule is OC(Cc1nc(CC(F)(F)F)no1)C1CC1. The molecule has 1 saturated carbocycles. The average molecular weight is 236 g/mol. The Morgan fingerprint density at radius 2 is 2.12 bits per heavy atom. The molecule has 1 fully saturated rings. The van der Waals surface area contributed by atoms with Gasteiger partial charge < -0.3 is 9.63 Å². The minimum atomic E-state index is -4.34. The third-order valence-corrected chi connectivity index (χ3v) is 2.42. The molecule has 0 bridgehead atoms. The molecule has 0 aliphatic heterocycles. The van der Waals surface area contributed by atoms with Crippen LogP contribution in [0.3, 0.4) is 0 Å². The lowest BCUT2D eigenvalue weighted by molar-refractivity contribution is -0.128. The van der Waals surface area contributed by atoms with Crippen molar-refractivity contribution in [2.45, 2.75) is 38.0 Å². The largest absolute Gasteiger partial charge is 0.396 e. The summed E-state index contributed by atoms with van der Waals surface area (Å²) in [6, 6.07) is 0. The smallest absolute Gasteiger partial charge is 0.392 e. The van der Waals surface area contributed by atoms with Crippen LogP contribution in [0, 0.1) is 5.92 Å². The second-order valence-electron chi connectivity index (χ2n) is 4.01. The lowest BCUT2D eigenvalue weighted by Gasteiger charge is -2.03. The van der Waals surface area contributed by atoms with Gasteiger partial charge in [0.05, 0.1) is 12.5 Å². The highest BCUT2D eigenvalue weighted by Crippen LogP contribution is 2.33. The van der Waals surface area contributed by atoms with E-state index in [1.165, 1.54) is 0 Å². The second kappa shape index (κ2) is 4.04. The molecule has 4 nitrogen and oxygen atoms in total. The van der Waals surface area contributed by atoms with Crippen molar-refractivity contribution >= 4 is 0 Å². The molecule has 2 rings (SSSR count). The van der Waals surface area contributed by atoms with Gasteiger partial charge in [-0.15, -0.1) is 0 Å². The van der Waals surface area contributed by atoms with E-state index < -0.39 is 18.7 Å². The molecule has 7 heteroatoms. The molecular weight excluding hydrogens is 225 g/mol. The van der Waals surface area contributed by atoms with Crippen LogP contribution < -0.4 is 0 Å². The Hall–Kier alpha value is -1.11. The first kappa shape index (κ1) is 11.4. The Bertz CT molecular complexity index is 360. The fraction of sp³-hybridized carbons (Fsp3) is 0.778. The third kappa shape index (κ3) is 3.19. The molecule has 0 radical (unpaired) electrons. The van der Waals surface area contributed by atoms with E-state index in [4.69, 9.17) is 0 Å². The van der Waals surface area contributed by atoms with Gasteiger partial charge in [-0.3, -0.25) is 0 Å². The zero-order chi connectivity index (χ0) is 11.8. The lowest BCUT2D eigenvalue weighted by Crippen LogP contribution is -2.14. The Kier molecular flexibility index (Phi) is 2.88. The minimum absolute atomic E-state index is 0.0682. The van der Waals surface area contributed by atoms with Crippen molar-refractivity contribution in [2.24, 2.45) is 5.92 Å². The summed E-state index contributed by atoms with van der Waals surface area (Å²) in [5.41, 5.74) is 0. The number of nitrogens with zero attached hydrogens (tertiary/aromatic N) is 2. The van der Waals surface area contributed by atoms with Crippen molar-refractivity contribution in [2.75, 3.05) is 0 Å². The molecule has 1 aromatic heterocycles.